The molecule has 1 saturated heterocycles. The maximum absolute atomic E-state index is 12.8. The van der Waals surface area contributed by atoms with Crippen LogP contribution in [0, 0.1) is 17.0 Å². The van der Waals surface area contributed by atoms with Crippen LogP contribution >= 0.6 is 11.8 Å². The number of benzene rings is 2. The highest BCUT2D eigenvalue weighted by Crippen LogP contribution is 2.32. The molecule has 0 unspecified atom stereocenters. The smallest absolute Gasteiger partial charge is 0.293 e. The van der Waals surface area contributed by atoms with Crippen LogP contribution in [0.25, 0.3) is 6.08 Å². The molecule has 1 aliphatic heterocycles. The molecule has 0 bridgehead atoms. The number of amides is 2. The molecular weight excluding hydrogens is 442 g/mol. The Kier molecular flexibility index (Phi) is 6.60. The topological polar surface area (TPSA) is 94.7 Å². The lowest BCUT2D eigenvalue weighted by Crippen LogP contribution is -2.32. The van der Waals surface area contributed by atoms with Crippen LogP contribution < -0.4 is 4.74 Å². The van der Waals surface area contributed by atoms with Gasteiger partial charge in [0.15, 0.2) is 0 Å². The molecule has 0 saturated carbocycles. The summed E-state index contributed by atoms with van der Waals surface area (Å²) in [5, 5.41) is 11.0. The molecule has 0 spiro atoms. The van der Waals surface area contributed by atoms with Gasteiger partial charge in [-0.15, -0.1) is 0 Å². The van der Waals surface area contributed by atoms with Crippen LogP contribution in [0.5, 0.6) is 5.75 Å². The lowest BCUT2D eigenvalue weighted by Gasteiger charge is -2.13. The van der Waals surface area contributed by atoms with Crippen LogP contribution in [-0.4, -0.2) is 38.7 Å². The summed E-state index contributed by atoms with van der Waals surface area (Å²) >= 11 is 0.873. The van der Waals surface area contributed by atoms with E-state index in [1.807, 2.05) is 31.2 Å². The Morgan fingerprint density at radius 1 is 1.06 bits per heavy atom. The van der Waals surface area contributed by atoms with E-state index in [-0.39, 0.29) is 36.5 Å². The highest BCUT2D eigenvalue weighted by Gasteiger charge is 2.35. The summed E-state index contributed by atoms with van der Waals surface area (Å²) < 4.78 is 7.45. The van der Waals surface area contributed by atoms with Crippen LogP contribution in [0.4, 0.5) is 10.5 Å². The zero-order valence-electron chi connectivity index (χ0n) is 17.8. The summed E-state index contributed by atoms with van der Waals surface area (Å²) in [7, 11) is 0. The van der Waals surface area contributed by atoms with Gasteiger partial charge in [0.05, 0.1) is 22.9 Å². The van der Waals surface area contributed by atoms with Crippen molar-refractivity contribution in [3.63, 3.8) is 0 Å². The molecule has 1 fully saturated rings. The largest absolute Gasteiger partial charge is 0.492 e. The van der Waals surface area contributed by atoms with Crippen molar-refractivity contribution in [2.75, 3.05) is 13.2 Å². The van der Waals surface area contributed by atoms with E-state index in [4.69, 9.17) is 4.74 Å². The van der Waals surface area contributed by atoms with Gasteiger partial charge in [0.2, 0.25) is 0 Å². The number of ether oxygens (including phenoxy) is 1. The van der Waals surface area contributed by atoms with Crippen LogP contribution in [0.2, 0.25) is 0 Å². The molecule has 4 rings (SSSR count). The predicted octanol–water partition coefficient (Wildman–Crippen LogP) is 4.87. The van der Waals surface area contributed by atoms with Crippen molar-refractivity contribution in [3.8, 4) is 5.75 Å². The maximum atomic E-state index is 12.8. The number of thioether (sulfide) groups is 1. The Morgan fingerprint density at radius 3 is 2.58 bits per heavy atom. The minimum atomic E-state index is -0.414. The quantitative estimate of drug-likeness (QED) is 0.269. The number of hydrogen-bond donors (Lipinski definition) is 0. The van der Waals surface area contributed by atoms with Gasteiger partial charge in [-0.3, -0.25) is 24.6 Å². The van der Waals surface area contributed by atoms with Crippen molar-refractivity contribution in [1.29, 1.82) is 0 Å². The van der Waals surface area contributed by atoms with Crippen LogP contribution in [0.15, 0.2) is 71.8 Å². The van der Waals surface area contributed by atoms with Gasteiger partial charge < -0.3 is 9.30 Å². The monoisotopic (exact) mass is 463 g/mol. The van der Waals surface area contributed by atoms with Crippen LogP contribution in [0.1, 0.15) is 16.8 Å². The van der Waals surface area contributed by atoms with Gasteiger partial charge >= 0.3 is 0 Å². The Labute approximate surface area is 194 Å². The number of nitro groups is 1. The van der Waals surface area contributed by atoms with Gasteiger partial charge in [0.1, 0.15) is 12.4 Å². The summed E-state index contributed by atoms with van der Waals surface area (Å²) in [5.74, 6) is 0.298. The second-order valence-electron chi connectivity index (χ2n) is 7.44. The molecule has 0 radical (unpaired) electrons. The first-order chi connectivity index (χ1) is 15.9. The third-order valence-corrected chi connectivity index (χ3v) is 6.06. The molecule has 2 amide bonds. The molecule has 0 atom stereocenters. The first-order valence-electron chi connectivity index (χ1n) is 10.2. The van der Waals surface area contributed by atoms with E-state index < -0.39 is 4.92 Å². The number of para-hydroxylation sites is 1. The number of carbonyl (C=O) groups is 2. The molecule has 168 valence electrons. The van der Waals surface area contributed by atoms with Gasteiger partial charge in [0, 0.05) is 23.5 Å². The third kappa shape index (κ3) is 5.15. The number of imide groups is 1. The molecule has 8 nitrogen and oxygen atoms in total. The van der Waals surface area contributed by atoms with Gasteiger partial charge in [-0.05, 0) is 49.0 Å². The van der Waals surface area contributed by atoms with Crippen LogP contribution in [-0.2, 0) is 11.3 Å². The minimum absolute atomic E-state index is 0.0334. The van der Waals surface area contributed by atoms with E-state index in [2.05, 4.69) is 0 Å². The molecule has 2 aromatic carbocycles. The fraction of sp³-hybridized carbons (Fsp3) is 0.167. The molecular formula is C24H21N3O5S. The van der Waals surface area contributed by atoms with Crippen molar-refractivity contribution in [3.05, 3.63) is 98.7 Å². The number of nitro benzene ring substituents is 1. The van der Waals surface area contributed by atoms with Crippen molar-refractivity contribution in [2.24, 2.45) is 0 Å². The highest BCUT2D eigenvalue weighted by molar-refractivity contribution is 8.18. The summed E-state index contributed by atoms with van der Waals surface area (Å²) in [4.78, 5) is 37.6. The first-order valence-corrected chi connectivity index (χ1v) is 11.1. The molecule has 0 N–H and O–H groups in total. The van der Waals surface area contributed by atoms with E-state index in [0.29, 0.717) is 21.9 Å². The Hall–Kier alpha value is -3.85. The van der Waals surface area contributed by atoms with Crippen molar-refractivity contribution in [1.82, 2.24) is 9.47 Å². The summed E-state index contributed by atoms with van der Waals surface area (Å²) in [6.07, 6.45) is 3.42. The zero-order chi connectivity index (χ0) is 23.4. The lowest BCUT2D eigenvalue weighted by molar-refractivity contribution is -0.385. The van der Waals surface area contributed by atoms with Crippen molar-refractivity contribution >= 4 is 34.7 Å². The molecule has 1 aliphatic rings. The number of nitrogens with zero attached hydrogens (tertiary/aromatic N) is 3. The standard InChI is InChI=1S/C24H21N3O5S/c1-17-8-10-20(11-9-17)32-14-13-26-23(28)22(33-24(26)29)15-19-6-4-12-25(19)16-18-5-2-3-7-21(18)27(30)31/h2-12,15H,13-14,16H2,1H3/b22-15-. The minimum Gasteiger partial charge on any atom is -0.492 e. The second-order valence-corrected chi connectivity index (χ2v) is 8.43. The number of aromatic nitrogens is 1. The number of carbonyl (C=O) groups excluding carboxylic acids is 2. The fourth-order valence-corrected chi connectivity index (χ4v) is 4.27. The van der Waals surface area contributed by atoms with Gasteiger partial charge in [0.25, 0.3) is 16.8 Å². The average molecular weight is 464 g/mol. The maximum Gasteiger partial charge on any atom is 0.293 e. The normalized spacial score (nSPS) is 14.8. The number of rotatable bonds is 8. The molecule has 1 aromatic heterocycles. The van der Waals surface area contributed by atoms with E-state index in [0.717, 1.165) is 17.3 Å². The number of aryl methyl sites for hydroxylation is 1. The molecule has 9 heteroatoms. The molecule has 0 aliphatic carbocycles. The van der Waals surface area contributed by atoms with Gasteiger partial charge in [-0.25, -0.2) is 0 Å². The Morgan fingerprint density at radius 2 is 1.82 bits per heavy atom. The molecule has 2 heterocycles. The fourth-order valence-electron chi connectivity index (χ4n) is 3.42. The summed E-state index contributed by atoms with van der Waals surface area (Å²) in [5.41, 5.74) is 2.38. The first kappa shape index (κ1) is 22.3. The van der Waals surface area contributed by atoms with E-state index >= 15 is 0 Å². The zero-order valence-corrected chi connectivity index (χ0v) is 18.7. The third-order valence-electron chi connectivity index (χ3n) is 5.15. The van der Waals surface area contributed by atoms with Crippen LogP contribution in [0.3, 0.4) is 0 Å². The molecule has 3 aromatic rings. The Bertz CT molecular complexity index is 1230. The summed E-state index contributed by atoms with van der Waals surface area (Å²) in [6.45, 7) is 2.59. The highest BCUT2D eigenvalue weighted by atomic mass is 32.2. The van der Waals surface area contributed by atoms with Crippen molar-refractivity contribution in [2.45, 2.75) is 13.5 Å². The van der Waals surface area contributed by atoms with E-state index in [1.165, 1.54) is 11.0 Å². The number of hydrogen-bond acceptors (Lipinski definition) is 6. The van der Waals surface area contributed by atoms with Gasteiger partial charge in [-0.1, -0.05) is 35.9 Å². The lowest BCUT2D eigenvalue weighted by atomic mass is 10.2. The second kappa shape index (κ2) is 9.74. The van der Waals surface area contributed by atoms with Gasteiger partial charge in [-0.2, -0.15) is 0 Å². The summed E-state index contributed by atoms with van der Waals surface area (Å²) in [6, 6.07) is 17.7. The Balaban J connectivity index is 1.44. The molecule has 33 heavy (non-hydrogen) atoms. The van der Waals surface area contributed by atoms with E-state index in [1.54, 1.807) is 47.2 Å². The SMILES string of the molecule is Cc1ccc(OCCN2C(=O)S/C(=C\c3cccn3Cc3ccccc3[N+](=O)[O-])C2=O)cc1. The van der Waals surface area contributed by atoms with E-state index in [9.17, 15) is 19.7 Å². The predicted molar refractivity (Wildman–Crippen MR) is 126 cm³/mol. The van der Waals surface area contributed by atoms with Crippen molar-refractivity contribution < 1.29 is 19.2 Å². The average Bonchev–Trinajstić information content (AvgIpc) is 3.34.